The van der Waals surface area contributed by atoms with Crippen molar-refractivity contribution < 1.29 is 0 Å². The molecule has 1 aromatic heterocycles. The third-order valence-electron chi connectivity index (χ3n) is 3.32. The van der Waals surface area contributed by atoms with Gasteiger partial charge in [-0.15, -0.1) is 0 Å². The molecule has 1 aliphatic heterocycles. The average Bonchev–Trinajstić information content (AvgIpc) is 2.30. The zero-order chi connectivity index (χ0) is 10.7. The molecule has 0 aliphatic carbocycles. The standard InChI is InChI=1S/C12H19N3/c1-2-15-7-5-10(6-8-15)11-3-4-12(13)14-9-11/h3-4,9-10H,2,5-8H2,1H3,(H2,13,14). The maximum absolute atomic E-state index is 5.58. The fraction of sp³-hybridized carbons (Fsp3) is 0.583. The van der Waals surface area contributed by atoms with Crippen LogP contribution in [0.25, 0.3) is 0 Å². The summed E-state index contributed by atoms with van der Waals surface area (Å²) in [4.78, 5) is 6.66. The lowest BCUT2D eigenvalue weighted by molar-refractivity contribution is 0.222. The minimum absolute atomic E-state index is 0.616. The second-order valence-electron chi connectivity index (χ2n) is 4.22. The Balaban J connectivity index is 1.98. The Kier molecular flexibility index (Phi) is 3.21. The van der Waals surface area contributed by atoms with Crippen LogP contribution in [-0.2, 0) is 0 Å². The van der Waals surface area contributed by atoms with Crippen molar-refractivity contribution in [1.29, 1.82) is 0 Å². The number of nitrogens with two attached hydrogens (primary N) is 1. The van der Waals surface area contributed by atoms with Gasteiger partial charge in [0.2, 0.25) is 0 Å². The zero-order valence-corrected chi connectivity index (χ0v) is 9.32. The molecule has 15 heavy (non-hydrogen) atoms. The van der Waals surface area contributed by atoms with Gasteiger partial charge in [-0.3, -0.25) is 0 Å². The maximum Gasteiger partial charge on any atom is 0.123 e. The van der Waals surface area contributed by atoms with Crippen molar-refractivity contribution in [2.24, 2.45) is 0 Å². The lowest BCUT2D eigenvalue weighted by Crippen LogP contribution is -2.32. The highest BCUT2D eigenvalue weighted by molar-refractivity contribution is 5.30. The molecule has 3 nitrogen and oxygen atoms in total. The number of hydrogen-bond acceptors (Lipinski definition) is 3. The van der Waals surface area contributed by atoms with Crippen LogP contribution in [0.4, 0.5) is 5.82 Å². The third-order valence-corrected chi connectivity index (χ3v) is 3.32. The van der Waals surface area contributed by atoms with Gasteiger partial charge in [-0.05, 0) is 50.0 Å². The molecule has 1 fully saturated rings. The van der Waals surface area contributed by atoms with E-state index in [1.54, 1.807) is 0 Å². The zero-order valence-electron chi connectivity index (χ0n) is 9.32. The SMILES string of the molecule is CCN1CCC(c2ccc(N)nc2)CC1. The number of hydrogen-bond donors (Lipinski definition) is 1. The predicted molar refractivity (Wildman–Crippen MR) is 62.7 cm³/mol. The van der Waals surface area contributed by atoms with Crippen molar-refractivity contribution in [3.05, 3.63) is 23.9 Å². The van der Waals surface area contributed by atoms with Crippen molar-refractivity contribution >= 4 is 5.82 Å². The largest absolute Gasteiger partial charge is 0.384 e. The molecule has 2 heterocycles. The topological polar surface area (TPSA) is 42.1 Å². The molecular weight excluding hydrogens is 186 g/mol. The van der Waals surface area contributed by atoms with Crippen LogP contribution in [0.2, 0.25) is 0 Å². The van der Waals surface area contributed by atoms with Crippen LogP contribution in [-0.4, -0.2) is 29.5 Å². The molecule has 1 saturated heterocycles. The summed E-state index contributed by atoms with van der Waals surface area (Å²) >= 11 is 0. The first-order valence-electron chi connectivity index (χ1n) is 5.73. The first-order valence-corrected chi connectivity index (χ1v) is 5.73. The van der Waals surface area contributed by atoms with Crippen molar-refractivity contribution in [2.75, 3.05) is 25.4 Å². The van der Waals surface area contributed by atoms with E-state index in [4.69, 9.17) is 5.73 Å². The molecular formula is C12H19N3. The highest BCUT2D eigenvalue weighted by Crippen LogP contribution is 2.27. The summed E-state index contributed by atoms with van der Waals surface area (Å²) < 4.78 is 0. The Morgan fingerprint density at radius 2 is 2.13 bits per heavy atom. The number of aromatic nitrogens is 1. The van der Waals surface area contributed by atoms with Crippen molar-refractivity contribution in [3.63, 3.8) is 0 Å². The van der Waals surface area contributed by atoms with Crippen molar-refractivity contribution in [2.45, 2.75) is 25.7 Å². The van der Waals surface area contributed by atoms with Crippen LogP contribution in [0.1, 0.15) is 31.2 Å². The van der Waals surface area contributed by atoms with Crippen molar-refractivity contribution in [3.8, 4) is 0 Å². The van der Waals surface area contributed by atoms with Crippen LogP contribution < -0.4 is 5.73 Å². The Labute approximate surface area is 91.3 Å². The van der Waals surface area contributed by atoms with Gasteiger partial charge in [0.05, 0.1) is 0 Å². The number of piperidine rings is 1. The number of anilines is 1. The smallest absolute Gasteiger partial charge is 0.123 e. The molecule has 0 amide bonds. The van der Waals surface area contributed by atoms with Crippen molar-refractivity contribution in [1.82, 2.24) is 9.88 Å². The Hall–Kier alpha value is -1.09. The highest BCUT2D eigenvalue weighted by atomic mass is 15.1. The van der Waals surface area contributed by atoms with E-state index in [-0.39, 0.29) is 0 Å². The van der Waals surface area contributed by atoms with E-state index >= 15 is 0 Å². The Morgan fingerprint density at radius 3 is 2.67 bits per heavy atom. The number of likely N-dealkylation sites (tertiary alicyclic amines) is 1. The van der Waals surface area contributed by atoms with Gasteiger partial charge in [0.25, 0.3) is 0 Å². The second kappa shape index (κ2) is 4.62. The molecule has 3 heteroatoms. The molecule has 0 bridgehead atoms. The highest BCUT2D eigenvalue weighted by Gasteiger charge is 2.19. The molecule has 0 aromatic carbocycles. The van der Waals surface area contributed by atoms with E-state index in [1.165, 1.54) is 38.0 Å². The number of nitrogen functional groups attached to an aromatic ring is 1. The van der Waals surface area contributed by atoms with Crippen LogP contribution in [0.15, 0.2) is 18.3 Å². The fourth-order valence-corrected chi connectivity index (χ4v) is 2.24. The normalized spacial score (nSPS) is 19.3. The molecule has 0 spiro atoms. The summed E-state index contributed by atoms with van der Waals surface area (Å²) in [6, 6.07) is 4.02. The molecule has 0 unspecified atom stereocenters. The monoisotopic (exact) mass is 205 g/mol. The van der Waals surface area contributed by atoms with E-state index in [0.717, 1.165) is 0 Å². The van der Waals surface area contributed by atoms with Crippen LogP contribution in [0.5, 0.6) is 0 Å². The summed E-state index contributed by atoms with van der Waals surface area (Å²) in [6.45, 7) is 5.83. The molecule has 82 valence electrons. The van der Waals surface area contributed by atoms with Gasteiger partial charge in [0.15, 0.2) is 0 Å². The summed E-state index contributed by atoms with van der Waals surface area (Å²) in [7, 11) is 0. The van der Waals surface area contributed by atoms with E-state index in [1.807, 2.05) is 12.3 Å². The molecule has 0 atom stereocenters. The lowest BCUT2D eigenvalue weighted by Gasteiger charge is -2.31. The fourth-order valence-electron chi connectivity index (χ4n) is 2.24. The van der Waals surface area contributed by atoms with Gasteiger partial charge in [-0.1, -0.05) is 13.0 Å². The molecule has 1 aromatic rings. The first-order chi connectivity index (χ1) is 7.29. The number of pyridine rings is 1. The quantitative estimate of drug-likeness (QED) is 0.801. The number of rotatable bonds is 2. The summed E-state index contributed by atoms with van der Waals surface area (Å²) in [5.41, 5.74) is 6.93. The minimum atomic E-state index is 0.616. The van der Waals surface area contributed by atoms with Gasteiger partial charge in [-0.25, -0.2) is 4.98 Å². The molecule has 2 rings (SSSR count). The van der Waals surface area contributed by atoms with E-state index in [0.29, 0.717) is 11.7 Å². The summed E-state index contributed by atoms with van der Waals surface area (Å²) in [5.74, 6) is 1.30. The van der Waals surface area contributed by atoms with E-state index < -0.39 is 0 Å². The average molecular weight is 205 g/mol. The first kappa shape index (κ1) is 10.4. The minimum Gasteiger partial charge on any atom is -0.384 e. The molecule has 2 N–H and O–H groups in total. The second-order valence-corrected chi connectivity index (χ2v) is 4.22. The third kappa shape index (κ3) is 2.48. The Morgan fingerprint density at radius 1 is 1.40 bits per heavy atom. The van der Waals surface area contributed by atoms with Crippen LogP contribution in [0, 0.1) is 0 Å². The van der Waals surface area contributed by atoms with Crippen LogP contribution >= 0.6 is 0 Å². The molecule has 0 saturated carbocycles. The number of nitrogens with zero attached hydrogens (tertiary/aromatic N) is 2. The van der Waals surface area contributed by atoms with Crippen LogP contribution in [0.3, 0.4) is 0 Å². The molecule has 1 aliphatic rings. The lowest BCUT2D eigenvalue weighted by atomic mass is 9.90. The van der Waals surface area contributed by atoms with Gasteiger partial charge < -0.3 is 10.6 Å². The predicted octanol–water partition coefficient (Wildman–Crippen LogP) is 1.86. The van der Waals surface area contributed by atoms with Gasteiger partial charge in [0.1, 0.15) is 5.82 Å². The van der Waals surface area contributed by atoms with Gasteiger partial charge in [-0.2, -0.15) is 0 Å². The maximum atomic E-state index is 5.58. The summed E-state index contributed by atoms with van der Waals surface area (Å²) in [6.07, 6.45) is 4.43. The Bertz CT molecular complexity index is 299. The van der Waals surface area contributed by atoms with E-state index in [9.17, 15) is 0 Å². The van der Waals surface area contributed by atoms with E-state index in [2.05, 4.69) is 22.9 Å². The summed E-state index contributed by atoms with van der Waals surface area (Å²) in [5, 5.41) is 0. The molecule has 0 radical (unpaired) electrons. The van der Waals surface area contributed by atoms with Gasteiger partial charge in [0, 0.05) is 6.20 Å². The van der Waals surface area contributed by atoms with Gasteiger partial charge >= 0.3 is 0 Å².